The molecule has 5 nitrogen and oxygen atoms in total. The van der Waals surface area contributed by atoms with Crippen LogP contribution in [-0.2, 0) is 0 Å². The Hall–Kier alpha value is -2.08. The monoisotopic (exact) mass is 244 g/mol. The molecule has 3 heterocycles. The average molecular weight is 244 g/mol. The molecule has 0 saturated heterocycles. The lowest BCUT2D eigenvalue weighted by Crippen LogP contribution is -1.89. The zero-order valence-corrected chi connectivity index (χ0v) is 9.81. The Morgan fingerprint density at radius 3 is 2.88 bits per heavy atom. The second kappa shape index (κ2) is 4.06. The summed E-state index contributed by atoms with van der Waals surface area (Å²) in [4.78, 5) is 13.8. The molecule has 3 aromatic heterocycles. The fourth-order valence-electron chi connectivity index (χ4n) is 1.40. The minimum Gasteiger partial charge on any atom is -0.332 e. The summed E-state index contributed by atoms with van der Waals surface area (Å²) in [6.07, 6.45) is 1.69. The van der Waals surface area contributed by atoms with Gasteiger partial charge in [-0.05, 0) is 24.4 Å². The molecule has 0 aliphatic heterocycles. The third kappa shape index (κ3) is 1.94. The molecule has 17 heavy (non-hydrogen) atoms. The van der Waals surface area contributed by atoms with Gasteiger partial charge >= 0.3 is 0 Å². The predicted molar refractivity (Wildman–Crippen MR) is 63.4 cm³/mol. The van der Waals surface area contributed by atoms with Gasteiger partial charge in [0.25, 0.3) is 5.89 Å². The first-order valence-electron chi connectivity index (χ1n) is 5.00. The lowest BCUT2D eigenvalue weighted by atomic mass is 10.3. The van der Waals surface area contributed by atoms with Gasteiger partial charge in [-0.25, -0.2) is 9.97 Å². The molecular formula is C11H8N4OS. The molecule has 0 N–H and O–H groups in total. The zero-order valence-electron chi connectivity index (χ0n) is 8.99. The van der Waals surface area contributed by atoms with E-state index in [1.807, 2.05) is 17.5 Å². The molecule has 0 unspecified atom stereocenters. The lowest BCUT2D eigenvalue weighted by Gasteiger charge is -1.97. The summed E-state index contributed by atoms with van der Waals surface area (Å²) in [7, 11) is 0. The lowest BCUT2D eigenvalue weighted by molar-refractivity contribution is 0.424. The molecule has 6 heteroatoms. The number of nitrogens with zero attached hydrogens (tertiary/aromatic N) is 4. The maximum absolute atomic E-state index is 5.07. The minimum atomic E-state index is 0.419. The Labute approximate surface area is 101 Å². The molecular weight excluding hydrogens is 236 g/mol. The Morgan fingerprint density at radius 1 is 1.24 bits per heavy atom. The molecule has 84 valence electrons. The highest BCUT2D eigenvalue weighted by Gasteiger charge is 2.10. The van der Waals surface area contributed by atoms with Crippen molar-refractivity contribution < 1.29 is 4.52 Å². The van der Waals surface area contributed by atoms with Crippen LogP contribution in [0.15, 0.2) is 34.3 Å². The first kappa shape index (κ1) is 10.1. The van der Waals surface area contributed by atoms with Crippen molar-refractivity contribution in [2.24, 2.45) is 0 Å². The molecule has 0 spiro atoms. The molecule has 3 aromatic rings. The summed E-state index contributed by atoms with van der Waals surface area (Å²) in [6.45, 7) is 1.77. The fourth-order valence-corrected chi connectivity index (χ4v) is 2.07. The van der Waals surface area contributed by atoms with Gasteiger partial charge < -0.3 is 4.52 Å². The van der Waals surface area contributed by atoms with Crippen LogP contribution in [-0.4, -0.2) is 20.1 Å². The third-order valence-electron chi connectivity index (χ3n) is 2.14. The number of aromatic nitrogens is 4. The van der Waals surface area contributed by atoms with Crippen LogP contribution < -0.4 is 0 Å². The van der Waals surface area contributed by atoms with Gasteiger partial charge in [0.05, 0.1) is 4.88 Å². The normalized spacial score (nSPS) is 10.6. The quantitative estimate of drug-likeness (QED) is 0.693. The SMILES string of the molecule is Cc1noc(-c2ccnc(-c3cccs3)n2)n1. The second-order valence-electron chi connectivity index (χ2n) is 3.39. The van der Waals surface area contributed by atoms with Crippen molar-refractivity contribution in [2.45, 2.75) is 6.92 Å². The van der Waals surface area contributed by atoms with Crippen LogP contribution in [0.2, 0.25) is 0 Å². The predicted octanol–water partition coefficient (Wildman–Crippen LogP) is 2.56. The number of hydrogen-bond acceptors (Lipinski definition) is 6. The van der Waals surface area contributed by atoms with Crippen molar-refractivity contribution in [1.29, 1.82) is 0 Å². The first-order valence-corrected chi connectivity index (χ1v) is 5.88. The van der Waals surface area contributed by atoms with Crippen molar-refractivity contribution in [3.63, 3.8) is 0 Å². The number of hydrogen-bond donors (Lipinski definition) is 0. The Balaban J connectivity index is 2.05. The van der Waals surface area contributed by atoms with Crippen LogP contribution in [0.5, 0.6) is 0 Å². The minimum absolute atomic E-state index is 0.419. The average Bonchev–Trinajstić information content (AvgIpc) is 3.00. The molecule has 3 rings (SSSR count). The first-order chi connectivity index (χ1) is 8.33. The van der Waals surface area contributed by atoms with E-state index in [0.29, 0.717) is 23.2 Å². The Kier molecular flexibility index (Phi) is 2.41. The van der Waals surface area contributed by atoms with Gasteiger partial charge in [-0.1, -0.05) is 11.2 Å². The summed E-state index contributed by atoms with van der Waals surface area (Å²) in [6, 6.07) is 5.69. The zero-order chi connectivity index (χ0) is 11.7. The van der Waals surface area contributed by atoms with Crippen molar-refractivity contribution in [2.75, 3.05) is 0 Å². The standard InChI is InChI=1S/C11H8N4OS/c1-7-13-11(16-15-7)8-4-5-12-10(14-8)9-3-2-6-17-9/h2-6H,1H3. The number of thiophene rings is 1. The van der Waals surface area contributed by atoms with E-state index in [1.165, 1.54) is 0 Å². The molecule has 0 aromatic carbocycles. The van der Waals surface area contributed by atoms with E-state index in [2.05, 4.69) is 20.1 Å². The number of rotatable bonds is 2. The van der Waals surface area contributed by atoms with Gasteiger partial charge in [0.15, 0.2) is 11.6 Å². The fraction of sp³-hybridized carbons (Fsp3) is 0.0909. The van der Waals surface area contributed by atoms with Crippen molar-refractivity contribution in [3.8, 4) is 22.3 Å². The van der Waals surface area contributed by atoms with Gasteiger partial charge in [-0.2, -0.15) is 4.98 Å². The summed E-state index contributed by atoms with van der Waals surface area (Å²) in [5.74, 6) is 1.69. The molecule has 0 radical (unpaired) electrons. The summed E-state index contributed by atoms with van der Waals surface area (Å²) >= 11 is 1.59. The molecule has 0 fully saturated rings. The van der Waals surface area contributed by atoms with Crippen molar-refractivity contribution in [1.82, 2.24) is 20.1 Å². The van der Waals surface area contributed by atoms with Crippen molar-refractivity contribution >= 4 is 11.3 Å². The number of aryl methyl sites for hydroxylation is 1. The van der Waals surface area contributed by atoms with E-state index in [4.69, 9.17) is 4.52 Å². The summed E-state index contributed by atoms with van der Waals surface area (Å²) in [5, 5.41) is 5.73. The van der Waals surface area contributed by atoms with E-state index in [9.17, 15) is 0 Å². The molecule has 0 amide bonds. The van der Waals surface area contributed by atoms with E-state index < -0.39 is 0 Å². The van der Waals surface area contributed by atoms with E-state index >= 15 is 0 Å². The summed E-state index contributed by atoms with van der Waals surface area (Å²) in [5.41, 5.74) is 0.643. The van der Waals surface area contributed by atoms with Crippen LogP contribution in [0.25, 0.3) is 22.3 Å². The smallest absolute Gasteiger partial charge is 0.276 e. The van der Waals surface area contributed by atoms with Crippen LogP contribution in [0.3, 0.4) is 0 Å². The highest BCUT2D eigenvalue weighted by Crippen LogP contribution is 2.23. The highest BCUT2D eigenvalue weighted by atomic mass is 32.1. The molecule has 0 atom stereocenters. The van der Waals surface area contributed by atoms with Gasteiger partial charge in [-0.3, -0.25) is 0 Å². The van der Waals surface area contributed by atoms with Gasteiger partial charge in [0, 0.05) is 6.20 Å². The second-order valence-corrected chi connectivity index (χ2v) is 4.34. The van der Waals surface area contributed by atoms with E-state index in [1.54, 1.807) is 30.5 Å². The highest BCUT2D eigenvalue weighted by molar-refractivity contribution is 7.13. The van der Waals surface area contributed by atoms with Crippen LogP contribution >= 0.6 is 11.3 Å². The van der Waals surface area contributed by atoms with Crippen LogP contribution in [0, 0.1) is 6.92 Å². The van der Waals surface area contributed by atoms with Gasteiger partial charge in [0.2, 0.25) is 0 Å². The largest absolute Gasteiger partial charge is 0.332 e. The molecule has 0 aliphatic carbocycles. The molecule has 0 aliphatic rings. The Bertz CT molecular complexity index is 632. The molecule has 0 saturated carbocycles. The van der Waals surface area contributed by atoms with Crippen LogP contribution in [0.1, 0.15) is 5.82 Å². The van der Waals surface area contributed by atoms with Crippen molar-refractivity contribution in [3.05, 3.63) is 35.6 Å². The maximum Gasteiger partial charge on any atom is 0.276 e. The van der Waals surface area contributed by atoms with Gasteiger partial charge in [0.1, 0.15) is 5.69 Å². The topological polar surface area (TPSA) is 64.7 Å². The van der Waals surface area contributed by atoms with Crippen LogP contribution in [0.4, 0.5) is 0 Å². The van der Waals surface area contributed by atoms with Gasteiger partial charge in [-0.15, -0.1) is 11.3 Å². The summed E-state index contributed by atoms with van der Waals surface area (Å²) < 4.78 is 5.07. The maximum atomic E-state index is 5.07. The Morgan fingerprint density at radius 2 is 2.18 bits per heavy atom. The molecule has 0 bridgehead atoms. The van der Waals surface area contributed by atoms with E-state index in [-0.39, 0.29) is 0 Å². The third-order valence-corrected chi connectivity index (χ3v) is 3.01. The van der Waals surface area contributed by atoms with E-state index in [0.717, 1.165) is 4.88 Å².